The third-order valence-electron chi connectivity index (χ3n) is 5.04. The Bertz CT molecular complexity index is 1250. The van der Waals surface area contributed by atoms with Gasteiger partial charge in [-0.05, 0) is 30.0 Å². The average Bonchev–Trinajstić information content (AvgIpc) is 3.06. The molecule has 0 saturated carbocycles. The van der Waals surface area contributed by atoms with Crippen molar-refractivity contribution in [3.8, 4) is 16.9 Å². The van der Waals surface area contributed by atoms with Crippen LogP contribution in [0.1, 0.15) is 18.9 Å². The summed E-state index contributed by atoms with van der Waals surface area (Å²) in [6.45, 7) is 2.06. The number of sulfonamides is 1. The first-order valence-corrected chi connectivity index (χ1v) is 11.1. The van der Waals surface area contributed by atoms with Gasteiger partial charge in [-0.15, -0.1) is 0 Å². The molecule has 2 heterocycles. The summed E-state index contributed by atoms with van der Waals surface area (Å²) in [5.41, 5.74) is 3.01. The predicted molar refractivity (Wildman–Crippen MR) is 112 cm³/mol. The minimum Gasteiger partial charge on any atom is -0.489 e. The third-order valence-corrected chi connectivity index (χ3v) is 5.64. The van der Waals surface area contributed by atoms with Crippen molar-refractivity contribution in [1.82, 2.24) is 4.57 Å². The number of benzene rings is 2. The van der Waals surface area contributed by atoms with Gasteiger partial charge in [-0.3, -0.25) is 9.52 Å². The van der Waals surface area contributed by atoms with Gasteiger partial charge in [0.05, 0.1) is 6.26 Å². The lowest BCUT2D eigenvalue weighted by Gasteiger charge is -2.16. The molecular weight excluding hydrogens is 376 g/mol. The van der Waals surface area contributed by atoms with Gasteiger partial charge in [0.2, 0.25) is 10.0 Å². The van der Waals surface area contributed by atoms with Crippen molar-refractivity contribution >= 4 is 26.5 Å². The fraction of sp³-hybridized carbons (Fsp3) is 0.286. The Labute approximate surface area is 163 Å². The lowest BCUT2D eigenvalue weighted by atomic mass is 9.96. The Kier molecular flexibility index (Phi) is 4.42. The summed E-state index contributed by atoms with van der Waals surface area (Å²) in [4.78, 5) is 12.5. The number of nitrogens with zero attached hydrogens (tertiary/aromatic N) is 1. The van der Waals surface area contributed by atoms with Crippen LogP contribution in [0.2, 0.25) is 0 Å². The molecular formula is C21H22N2O4S. The average molecular weight is 398 g/mol. The summed E-state index contributed by atoms with van der Waals surface area (Å²) in [6, 6.07) is 11.0. The van der Waals surface area contributed by atoms with Gasteiger partial charge in [-0.1, -0.05) is 25.1 Å². The first kappa shape index (κ1) is 18.6. The van der Waals surface area contributed by atoms with Crippen molar-refractivity contribution in [3.63, 3.8) is 0 Å². The van der Waals surface area contributed by atoms with E-state index in [9.17, 15) is 13.2 Å². The van der Waals surface area contributed by atoms with E-state index in [0.29, 0.717) is 11.1 Å². The van der Waals surface area contributed by atoms with Crippen molar-refractivity contribution in [2.75, 3.05) is 11.0 Å². The van der Waals surface area contributed by atoms with Crippen molar-refractivity contribution in [2.24, 2.45) is 7.05 Å². The number of rotatable bonds is 4. The molecule has 0 fully saturated rings. The largest absolute Gasteiger partial charge is 0.489 e. The zero-order valence-electron chi connectivity index (χ0n) is 16.0. The summed E-state index contributed by atoms with van der Waals surface area (Å²) >= 11 is 0. The maximum absolute atomic E-state index is 12.5. The fourth-order valence-electron chi connectivity index (χ4n) is 3.77. The van der Waals surface area contributed by atoms with E-state index in [1.165, 1.54) is 0 Å². The van der Waals surface area contributed by atoms with E-state index < -0.39 is 10.0 Å². The van der Waals surface area contributed by atoms with E-state index in [0.717, 1.165) is 46.9 Å². The van der Waals surface area contributed by atoms with Gasteiger partial charge in [-0.2, -0.15) is 0 Å². The van der Waals surface area contributed by atoms with Crippen LogP contribution in [0, 0.1) is 0 Å². The Morgan fingerprint density at radius 3 is 2.57 bits per heavy atom. The van der Waals surface area contributed by atoms with E-state index >= 15 is 0 Å². The topological polar surface area (TPSA) is 77.4 Å². The highest BCUT2D eigenvalue weighted by molar-refractivity contribution is 7.92. The van der Waals surface area contributed by atoms with Crippen LogP contribution >= 0.6 is 0 Å². The van der Waals surface area contributed by atoms with Gasteiger partial charge in [-0.25, -0.2) is 8.42 Å². The van der Waals surface area contributed by atoms with Gasteiger partial charge in [0.1, 0.15) is 11.9 Å². The van der Waals surface area contributed by atoms with Crippen molar-refractivity contribution in [3.05, 3.63) is 58.5 Å². The maximum Gasteiger partial charge on any atom is 0.258 e. The van der Waals surface area contributed by atoms with Crippen molar-refractivity contribution < 1.29 is 13.2 Å². The molecule has 1 aliphatic rings. The molecule has 28 heavy (non-hydrogen) atoms. The normalized spacial score (nSPS) is 16.0. The lowest BCUT2D eigenvalue weighted by Crippen LogP contribution is -2.16. The molecule has 0 aliphatic carbocycles. The molecule has 0 amide bonds. The highest BCUT2D eigenvalue weighted by atomic mass is 32.2. The molecule has 6 nitrogen and oxygen atoms in total. The van der Waals surface area contributed by atoms with Crippen LogP contribution in [0.25, 0.3) is 21.9 Å². The second kappa shape index (κ2) is 6.67. The fourth-order valence-corrected chi connectivity index (χ4v) is 4.31. The van der Waals surface area contributed by atoms with Gasteiger partial charge in [0.15, 0.2) is 0 Å². The molecule has 0 saturated heterocycles. The number of ether oxygens (including phenoxy) is 1. The van der Waals surface area contributed by atoms with E-state index in [1.54, 1.807) is 29.9 Å². The molecule has 2 aromatic carbocycles. The number of hydrogen-bond donors (Lipinski definition) is 1. The first-order chi connectivity index (χ1) is 13.3. The molecule has 1 atom stereocenters. The monoisotopic (exact) mass is 398 g/mol. The highest BCUT2D eigenvalue weighted by Crippen LogP contribution is 2.43. The molecule has 1 unspecified atom stereocenters. The van der Waals surface area contributed by atoms with E-state index in [-0.39, 0.29) is 11.7 Å². The van der Waals surface area contributed by atoms with Gasteiger partial charge in [0.25, 0.3) is 5.56 Å². The third kappa shape index (κ3) is 3.26. The van der Waals surface area contributed by atoms with Gasteiger partial charge in [0, 0.05) is 47.4 Å². The molecule has 0 radical (unpaired) electrons. The summed E-state index contributed by atoms with van der Waals surface area (Å²) < 4.78 is 33.9. The molecule has 0 bridgehead atoms. The van der Waals surface area contributed by atoms with Crippen molar-refractivity contribution in [2.45, 2.75) is 25.9 Å². The number of aromatic nitrogens is 1. The van der Waals surface area contributed by atoms with Gasteiger partial charge < -0.3 is 9.30 Å². The molecule has 1 N–H and O–H groups in total. The zero-order chi connectivity index (χ0) is 20.1. The Hall–Kier alpha value is -2.80. The smallest absolute Gasteiger partial charge is 0.258 e. The second-order valence-electron chi connectivity index (χ2n) is 7.24. The predicted octanol–water partition coefficient (Wildman–Crippen LogP) is 3.29. The first-order valence-electron chi connectivity index (χ1n) is 9.17. The van der Waals surface area contributed by atoms with Crippen LogP contribution < -0.4 is 15.0 Å². The molecule has 4 rings (SSSR count). The summed E-state index contributed by atoms with van der Waals surface area (Å²) in [7, 11) is -1.70. The Morgan fingerprint density at radius 2 is 1.89 bits per heavy atom. The van der Waals surface area contributed by atoms with Crippen LogP contribution in [0.5, 0.6) is 5.75 Å². The summed E-state index contributed by atoms with van der Waals surface area (Å²) in [5, 5.41) is 1.43. The summed E-state index contributed by atoms with van der Waals surface area (Å²) in [5.74, 6) is 0.759. The molecule has 1 aromatic heterocycles. The second-order valence-corrected chi connectivity index (χ2v) is 8.99. The Morgan fingerprint density at radius 1 is 1.18 bits per heavy atom. The van der Waals surface area contributed by atoms with Crippen LogP contribution in [0.15, 0.2) is 47.4 Å². The van der Waals surface area contributed by atoms with Crippen LogP contribution in [-0.4, -0.2) is 25.3 Å². The summed E-state index contributed by atoms with van der Waals surface area (Å²) in [6.07, 6.45) is 4.56. The zero-order valence-corrected chi connectivity index (χ0v) is 16.8. The van der Waals surface area contributed by atoms with Crippen LogP contribution in [0.3, 0.4) is 0 Å². The quantitative estimate of drug-likeness (QED) is 0.732. The molecule has 146 valence electrons. The van der Waals surface area contributed by atoms with Crippen molar-refractivity contribution in [1.29, 1.82) is 0 Å². The minimum absolute atomic E-state index is 0.0565. The number of anilines is 1. The number of hydrogen-bond acceptors (Lipinski definition) is 4. The minimum atomic E-state index is -3.42. The number of fused-ring (bicyclic) bond motifs is 2. The van der Waals surface area contributed by atoms with Gasteiger partial charge >= 0.3 is 0 Å². The van der Waals surface area contributed by atoms with E-state index in [1.807, 2.05) is 24.3 Å². The molecule has 7 heteroatoms. The molecule has 0 spiro atoms. The number of pyridine rings is 1. The highest BCUT2D eigenvalue weighted by Gasteiger charge is 2.27. The number of nitrogens with one attached hydrogen (secondary N) is 1. The Balaban J connectivity index is 2.02. The SMILES string of the molecule is CCC1Cc2cc(NS(C)(=O)=O)cc(-c3cn(C)c(=O)c4ccccc34)c2O1. The van der Waals surface area contributed by atoms with Crippen LogP contribution in [-0.2, 0) is 23.5 Å². The van der Waals surface area contributed by atoms with E-state index in [2.05, 4.69) is 11.6 Å². The van der Waals surface area contributed by atoms with Crippen LogP contribution in [0.4, 0.5) is 5.69 Å². The van der Waals surface area contributed by atoms with E-state index in [4.69, 9.17) is 4.74 Å². The lowest BCUT2D eigenvalue weighted by molar-refractivity contribution is 0.229. The molecule has 3 aromatic rings. The molecule has 1 aliphatic heterocycles. The maximum atomic E-state index is 12.5. The standard InChI is InChI=1S/C21H22N2O4S/c1-4-15-10-13-9-14(22-28(3,25)26)11-18(20(13)27-15)19-12-23(2)21(24)17-8-6-5-7-16(17)19/h5-9,11-12,15,22H,4,10H2,1-3H3. The number of aryl methyl sites for hydroxylation is 1.